The molecule has 2 unspecified atom stereocenters. The Morgan fingerprint density at radius 3 is 3.00 bits per heavy atom. The molecule has 1 heterocycles. The lowest BCUT2D eigenvalue weighted by molar-refractivity contribution is 0.149. The van der Waals surface area contributed by atoms with Crippen molar-refractivity contribution in [1.29, 1.82) is 0 Å². The number of thiazole rings is 1. The number of nitrogens with zero attached hydrogens (tertiary/aromatic N) is 1. The van der Waals surface area contributed by atoms with Crippen molar-refractivity contribution in [3.8, 4) is 0 Å². The maximum Gasteiger partial charge on any atom is 0.0937 e. The first-order chi connectivity index (χ1) is 8.07. The van der Waals surface area contributed by atoms with Crippen molar-refractivity contribution in [1.82, 2.24) is 10.3 Å². The van der Waals surface area contributed by atoms with Crippen molar-refractivity contribution in [2.24, 2.45) is 11.3 Å². The average molecular weight is 252 g/mol. The van der Waals surface area contributed by atoms with Crippen LogP contribution in [-0.2, 0) is 6.42 Å². The zero-order chi connectivity index (χ0) is 12.3. The molecule has 1 aliphatic carbocycles. The van der Waals surface area contributed by atoms with Crippen LogP contribution in [0.3, 0.4) is 0 Å². The highest BCUT2D eigenvalue weighted by Crippen LogP contribution is 2.38. The van der Waals surface area contributed by atoms with Crippen LogP contribution in [0.15, 0.2) is 11.6 Å². The second kappa shape index (κ2) is 5.49. The van der Waals surface area contributed by atoms with Gasteiger partial charge in [-0.15, -0.1) is 11.3 Å². The van der Waals surface area contributed by atoms with Gasteiger partial charge >= 0.3 is 0 Å². The molecule has 1 aliphatic rings. The van der Waals surface area contributed by atoms with E-state index in [0.717, 1.165) is 18.9 Å². The van der Waals surface area contributed by atoms with Crippen LogP contribution >= 0.6 is 11.3 Å². The maximum atomic E-state index is 4.32. The molecule has 1 aromatic rings. The molecule has 3 heteroatoms. The Labute approximate surface area is 109 Å². The second-order valence-corrected chi connectivity index (χ2v) is 7.10. The molecule has 1 N–H and O–H groups in total. The molecule has 0 radical (unpaired) electrons. The van der Waals surface area contributed by atoms with Crippen molar-refractivity contribution < 1.29 is 0 Å². The first-order valence-electron chi connectivity index (χ1n) is 6.69. The summed E-state index contributed by atoms with van der Waals surface area (Å²) < 4.78 is 0. The highest BCUT2D eigenvalue weighted by molar-refractivity contribution is 7.09. The Balaban J connectivity index is 1.73. The molecular formula is C14H24N2S. The van der Waals surface area contributed by atoms with Crippen LogP contribution in [0.1, 0.15) is 45.0 Å². The normalized spacial score (nSPS) is 28.2. The Morgan fingerprint density at radius 2 is 2.35 bits per heavy atom. The van der Waals surface area contributed by atoms with Gasteiger partial charge in [-0.25, -0.2) is 4.98 Å². The van der Waals surface area contributed by atoms with Crippen molar-refractivity contribution in [3.05, 3.63) is 16.6 Å². The number of rotatable bonds is 4. The monoisotopic (exact) mass is 252 g/mol. The molecule has 17 heavy (non-hydrogen) atoms. The topological polar surface area (TPSA) is 24.9 Å². The van der Waals surface area contributed by atoms with E-state index in [1.54, 1.807) is 11.3 Å². The zero-order valence-corrected chi connectivity index (χ0v) is 12.0. The number of nitrogens with one attached hydrogen (secondary N) is 1. The third-order valence-corrected chi connectivity index (χ3v) is 4.76. The molecule has 1 fully saturated rings. The van der Waals surface area contributed by atoms with E-state index in [4.69, 9.17) is 0 Å². The fraction of sp³-hybridized carbons (Fsp3) is 0.786. The van der Waals surface area contributed by atoms with Gasteiger partial charge < -0.3 is 5.32 Å². The minimum atomic E-state index is 0.549. The summed E-state index contributed by atoms with van der Waals surface area (Å²) in [7, 11) is 0. The van der Waals surface area contributed by atoms with Crippen molar-refractivity contribution >= 4 is 11.3 Å². The van der Waals surface area contributed by atoms with Gasteiger partial charge in [0.15, 0.2) is 0 Å². The minimum absolute atomic E-state index is 0.549. The summed E-state index contributed by atoms with van der Waals surface area (Å²) in [5.74, 6) is 0.801. The molecule has 2 nitrogen and oxygen atoms in total. The molecule has 0 saturated heterocycles. The van der Waals surface area contributed by atoms with Gasteiger partial charge in [-0.3, -0.25) is 0 Å². The third kappa shape index (κ3) is 3.78. The highest BCUT2D eigenvalue weighted by atomic mass is 32.1. The summed E-state index contributed by atoms with van der Waals surface area (Å²) in [6.45, 7) is 8.26. The van der Waals surface area contributed by atoms with Crippen LogP contribution in [0.2, 0.25) is 0 Å². The smallest absolute Gasteiger partial charge is 0.0937 e. The lowest BCUT2D eigenvalue weighted by Crippen LogP contribution is -2.42. The van der Waals surface area contributed by atoms with Crippen LogP contribution < -0.4 is 5.32 Å². The standard InChI is InChI=1S/C14H24N2S/c1-11-10-14(2,3)6-4-12(11)15-7-5-13-16-8-9-17-13/h8-9,11-12,15H,4-7,10H2,1-3H3. The molecule has 2 rings (SSSR count). The van der Waals surface area contributed by atoms with E-state index < -0.39 is 0 Å². The Hall–Kier alpha value is -0.410. The third-order valence-electron chi connectivity index (χ3n) is 3.92. The van der Waals surface area contributed by atoms with Gasteiger partial charge in [-0.05, 0) is 30.6 Å². The molecule has 2 atom stereocenters. The number of hydrogen-bond acceptors (Lipinski definition) is 3. The minimum Gasteiger partial charge on any atom is -0.313 e. The first-order valence-corrected chi connectivity index (χ1v) is 7.56. The molecule has 0 spiro atoms. The van der Waals surface area contributed by atoms with E-state index in [9.17, 15) is 0 Å². The van der Waals surface area contributed by atoms with Crippen LogP contribution in [-0.4, -0.2) is 17.6 Å². The summed E-state index contributed by atoms with van der Waals surface area (Å²) in [6.07, 6.45) is 7.00. The van der Waals surface area contributed by atoms with Crippen LogP contribution in [0, 0.1) is 11.3 Å². The van der Waals surface area contributed by atoms with Gasteiger partial charge in [0.05, 0.1) is 5.01 Å². The SMILES string of the molecule is CC1CC(C)(C)CCC1NCCc1nccs1. The van der Waals surface area contributed by atoms with Crippen LogP contribution in [0.25, 0.3) is 0 Å². The predicted molar refractivity (Wildman–Crippen MR) is 74.4 cm³/mol. The van der Waals surface area contributed by atoms with E-state index in [1.165, 1.54) is 24.3 Å². The lowest BCUT2D eigenvalue weighted by atomic mass is 9.70. The zero-order valence-electron chi connectivity index (χ0n) is 11.2. The van der Waals surface area contributed by atoms with Gasteiger partial charge in [0.2, 0.25) is 0 Å². The molecule has 1 saturated carbocycles. The summed E-state index contributed by atoms with van der Waals surface area (Å²) in [6, 6.07) is 0.711. The van der Waals surface area contributed by atoms with Crippen molar-refractivity contribution in [2.75, 3.05) is 6.54 Å². The number of aromatic nitrogens is 1. The summed E-state index contributed by atoms with van der Waals surface area (Å²) in [5, 5.41) is 7.02. The summed E-state index contributed by atoms with van der Waals surface area (Å²) in [5.41, 5.74) is 0.549. The van der Waals surface area contributed by atoms with Gasteiger partial charge in [0.1, 0.15) is 0 Å². The van der Waals surface area contributed by atoms with Gasteiger partial charge in [-0.1, -0.05) is 20.8 Å². The lowest BCUT2D eigenvalue weighted by Gasteiger charge is -2.39. The second-order valence-electron chi connectivity index (χ2n) is 6.12. The van der Waals surface area contributed by atoms with E-state index in [2.05, 4.69) is 36.5 Å². The summed E-state index contributed by atoms with van der Waals surface area (Å²) >= 11 is 1.76. The van der Waals surface area contributed by atoms with E-state index >= 15 is 0 Å². The predicted octanol–water partition coefficient (Wildman–Crippen LogP) is 3.49. The molecule has 1 aromatic heterocycles. The maximum absolute atomic E-state index is 4.32. The fourth-order valence-electron chi connectivity index (χ4n) is 2.99. The molecule has 0 aliphatic heterocycles. The van der Waals surface area contributed by atoms with Gasteiger partial charge in [-0.2, -0.15) is 0 Å². The molecule has 0 aromatic carbocycles. The Kier molecular flexibility index (Phi) is 4.21. The largest absolute Gasteiger partial charge is 0.313 e. The summed E-state index contributed by atoms with van der Waals surface area (Å²) in [4.78, 5) is 4.32. The van der Waals surface area contributed by atoms with Gasteiger partial charge in [0, 0.05) is 30.6 Å². The van der Waals surface area contributed by atoms with E-state index in [-0.39, 0.29) is 0 Å². The van der Waals surface area contributed by atoms with E-state index in [0.29, 0.717) is 11.5 Å². The molecule has 0 bridgehead atoms. The Bertz CT molecular complexity index is 332. The molecular weight excluding hydrogens is 228 g/mol. The van der Waals surface area contributed by atoms with Crippen LogP contribution in [0.5, 0.6) is 0 Å². The fourth-order valence-corrected chi connectivity index (χ4v) is 3.61. The van der Waals surface area contributed by atoms with Crippen molar-refractivity contribution in [2.45, 2.75) is 52.5 Å². The quantitative estimate of drug-likeness (QED) is 0.887. The average Bonchev–Trinajstić information content (AvgIpc) is 2.73. The van der Waals surface area contributed by atoms with Crippen LogP contribution in [0.4, 0.5) is 0 Å². The molecule has 96 valence electrons. The Morgan fingerprint density at radius 1 is 1.53 bits per heavy atom. The first kappa shape index (κ1) is 13.0. The highest BCUT2D eigenvalue weighted by Gasteiger charge is 2.31. The van der Waals surface area contributed by atoms with Gasteiger partial charge in [0.25, 0.3) is 0 Å². The number of hydrogen-bond donors (Lipinski definition) is 1. The molecule has 0 amide bonds. The van der Waals surface area contributed by atoms with Crippen molar-refractivity contribution in [3.63, 3.8) is 0 Å². The van der Waals surface area contributed by atoms with E-state index in [1.807, 2.05) is 6.20 Å².